The van der Waals surface area contributed by atoms with E-state index in [0.29, 0.717) is 11.8 Å². The van der Waals surface area contributed by atoms with Crippen molar-refractivity contribution < 1.29 is 9.32 Å². The molecule has 5 nitrogen and oxygen atoms in total. The van der Waals surface area contributed by atoms with Gasteiger partial charge >= 0.3 is 0 Å². The van der Waals surface area contributed by atoms with E-state index in [1.54, 1.807) is 6.07 Å². The Morgan fingerprint density at radius 3 is 3.11 bits per heavy atom. The number of aryl methyl sites for hydroxylation is 1. The second-order valence-electron chi connectivity index (χ2n) is 5.30. The summed E-state index contributed by atoms with van der Waals surface area (Å²) in [6.07, 6.45) is 4.80. The number of carbonyl (C=O) groups excluding carboxylic acids is 1. The van der Waals surface area contributed by atoms with E-state index in [9.17, 15) is 4.79 Å². The molecule has 0 aromatic carbocycles. The van der Waals surface area contributed by atoms with Crippen molar-refractivity contribution >= 4 is 5.91 Å². The Balaban J connectivity index is 1.64. The van der Waals surface area contributed by atoms with Gasteiger partial charge in [0.05, 0.1) is 5.69 Å². The van der Waals surface area contributed by atoms with Gasteiger partial charge in [-0.05, 0) is 32.7 Å². The Morgan fingerprint density at radius 1 is 1.44 bits per heavy atom. The molecule has 2 aliphatic rings. The van der Waals surface area contributed by atoms with Crippen LogP contribution in [0.15, 0.2) is 10.6 Å². The molecule has 0 aliphatic carbocycles. The van der Waals surface area contributed by atoms with E-state index < -0.39 is 0 Å². The van der Waals surface area contributed by atoms with Crippen LogP contribution in [-0.4, -0.2) is 41.1 Å². The van der Waals surface area contributed by atoms with Gasteiger partial charge in [-0.1, -0.05) is 11.6 Å². The summed E-state index contributed by atoms with van der Waals surface area (Å²) in [5.41, 5.74) is 0.742. The molecule has 2 saturated heterocycles. The third-order valence-corrected chi connectivity index (χ3v) is 4.02. The normalized spacial score (nSPS) is 28.1. The van der Waals surface area contributed by atoms with Gasteiger partial charge in [0.25, 0.3) is 5.91 Å². The summed E-state index contributed by atoms with van der Waals surface area (Å²) in [5.74, 6) is 0.190. The maximum absolute atomic E-state index is 12.0. The SMILES string of the molecule is Cc1cc(C(=O)N[C@H]2CCN3CCCC[C@@H]23)on1. The van der Waals surface area contributed by atoms with E-state index >= 15 is 0 Å². The van der Waals surface area contributed by atoms with E-state index in [2.05, 4.69) is 15.4 Å². The Morgan fingerprint density at radius 2 is 2.33 bits per heavy atom. The Kier molecular flexibility index (Phi) is 3.07. The van der Waals surface area contributed by atoms with Gasteiger partial charge in [0, 0.05) is 24.7 Å². The second-order valence-corrected chi connectivity index (χ2v) is 5.30. The number of nitrogens with zero attached hydrogens (tertiary/aromatic N) is 2. The van der Waals surface area contributed by atoms with Crippen molar-refractivity contribution in [2.45, 2.75) is 44.7 Å². The molecule has 98 valence electrons. The zero-order valence-electron chi connectivity index (χ0n) is 10.7. The molecule has 2 atom stereocenters. The quantitative estimate of drug-likeness (QED) is 0.859. The zero-order valence-corrected chi connectivity index (χ0v) is 10.7. The van der Waals surface area contributed by atoms with Gasteiger partial charge in [-0.25, -0.2) is 0 Å². The average molecular weight is 249 g/mol. The molecular formula is C13H19N3O2. The molecule has 3 heterocycles. The van der Waals surface area contributed by atoms with Crippen LogP contribution in [0.5, 0.6) is 0 Å². The monoisotopic (exact) mass is 249 g/mol. The highest BCUT2D eigenvalue weighted by molar-refractivity contribution is 5.91. The van der Waals surface area contributed by atoms with Crippen molar-refractivity contribution in [1.29, 1.82) is 0 Å². The molecule has 1 aromatic heterocycles. The summed E-state index contributed by atoms with van der Waals surface area (Å²) >= 11 is 0. The third kappa shape index (κ3) is 2.14. The maximum atomic E-state index is 12.0. The van der Waals surface area contributed by atoms with Crippen LogP contribution >= 0.6 is 0 Å². The first kappa shape index (κ1) is 11.7. The highest BCUT2D eigenvalue weighted by atomic mass is 16.5. The lowest BCUT2D eigenvalue weighted by molar-refractivity contribution is 0.0878. The molecule has 3 rings (SSSR count). The number of nitrogens with one attached hydrogen (secondary N) is 1. The minimum atomic E-state index is -0.131. The molecule has 1 aromatic rings. The first-order chi connectivity index (χ1) is 8.74. The van der Waals surface area contributed by atoms with Gasteiger partial charge in [0.2, 0.25) is 5.76 Å². The van der Waals surface area contributed by atoms with E-state index in [4.69, 9.17) is 4.52 Å². The molecule has 1 N–H and O–H groups in total. The minimum Gasteiger partial charge on any atom is -0.351 e. The molecule has 0 spiro atoms. The van der Waals surface area contributed by atoms with Crippen LogP contribution in [0.4, 0.5) is 0 Å². The summed E-state index contributed by atoms with van der Waals surface area (Å²) < 4.78 is 5.00. The first-order valence-corrected chi connectivity index (χ1v) is 6.72. The number of piperidine rings is 1. The second kappa shape index (κ2) is 4.72. The number of hydrogen-bond donors (Lipinski definition) is 1. The summed E-state index contributed by atoms with van der Waals surface area (Å²) in [7, 11) is 0. The van der Waals surface area contributed by atoms with Crippen molar-refractivity contribution in [3.8, 4) is 0 Å². The molecular weight excluding hydrogens is 230 g/mol. The van der Waals surface area contributed by atoms with E-state index in [0.717, 1.165) is 18.7 Å². The Hall–Kier alpha value is -1.36. The molecule has 0 bridgehead atoms. The van der Waals surface area contributed by atoms with Crippen LogP contribution in [0.3, 0.4) is 0 Å². The van der Waals surface area contributed by atoms with Crippen molar-refractivity contribution in [2.24, 2.45) is 0 Å². The number of rotatable bonds is 2. The number of amides is 1. The Bertz CT molecular complexity index is 443. The average Bonchev–Trinajstić information content (AvgIpc) is 2.97. The fourth-order valence-electron chi connectivity index (χ4n) is 3.13. The number of aromatic nitrogens is 1. The molecule has 0 radical (unpaired) electrons. The standard InChI is InChI=1S/C13H19N3O2/c1-9-8-12(18-15-9)13(17)14-10-5-7-16-6-3-2-4-11(10)16/h8,10-11H,2-7H2,1H3,(H,14,17)/t10-,11-/m0/s1. The molecule has 2 fully saturated rings. The van der Waals surface area contributed by atoms with Crippen molar-refractivity contribution in [2.75, 3.05) is 13.1 Å². The number of fused-ring (bicyclic) bond motifs is 1. The predicted octanol–water partition coefficient (Wildman–Crippen LogP) is 1.34. The summed E-state index contributed by atoms with van der Waals surface area (Å²) in [6.45, 7) is 4.10. The number of hydrogen-bond acceptors (Lipinski definition) is 4. The smallest absolute Gasteiger partial charge is 0.290 e. The zero-order chi connectivity index (χ0) is 12.5. The molecule has 0 unspecified atom stereocenters. The summed E-state index contributed by atoms with van der Waals surface area (Å²) in [6, 6.07) is 2.47. The van der Waals surface area contributed by atoms with E-state index in [1.165, 1.54) is 25.8 Å². The van der Waals surface area contributed by atoms with Crippen LogP contribution < -0.4 is 5.32 Å². The Labute approximate surface area is 107 Å². The number of carbonyl (C=O) groups is 1. The van der Waals surface area contributed by atoms with E-state index in [1.807, 2.05) is 6.92 Å². The lowest BCUT2D eigenvalue weighted by atomic mass is 9.99. The molecule has 0 saturated carbocycles. The van der Waals surface area contributed by atoms with Crippen LogP contribution in [0.2, 0.25) is 0 Å². The first-order valence-electron chi connectivity index (χ1n) is 6.72. The largest absolute Gasteiger partial charge is 0.351 e. The van der Waals surface area contributed by atoms with Crippen LogP contribution in [0, 0.1) is 6.92 Å². The highest BCUT2D eigenvalue weighted by Crippen LogP contribution is 2.27. The fourth-order valence-corrected chi connectivity index (χ4v) is 3.13. The summed E-state index contributed by atoms with van der Waals surface area (Å²) in [4.78, 5) is 14.5. The summed E-state index contributed by atoms with van der Waals surface area (Å²) in [5, 5.41) is 6.84. The molecule has 2 aliphatic heterocycles. The van der Waals surface area contributed by atoms with Crippen molar-refractivity contribution in [3.05, 3.63) is 17.5 Å². The maximum Gasteiger partial charge on any atom is 0.290 e. The highest BCUT2D eigenvalue weighted by Gasteiger charge is 2.36. The van der Waals surface area contributed by atoms with E-state index in [-0.39, 0.29) is 11.9 Å². The van der Waals surface area contributed by atoms with Gasteiger partial charge < -0.3 is 9.84 Å². The van der Waals surface area contributed by atoms with Gasteiger partial charge in [0.15, 0.2) is 0 Å². The lowest BCUT2D eigenvalue weighted by Gasteiger charge is -2.32. The topological polar surface area (TPSA) is 58.4 Å². The third-order valence-electron chi connectivity index (χ3n) is 4.02. The van der Waals surface area contributed by atoms with Gasteiger partial charge in [-0.15, -0.1) is 0 Å². The fraction of sp³-hybridized carbons (Fsp3) is 0.692. The minimum absolute atomic E-state index is 0.131. The molecule has 1 amide bonds. The van der Waals surface area contributed by atoms with Crippen LogP contribution in [-0.2, 0) is 0 Å². The van der Waals surface area contributed by atoms with Gasteiger partial charge in [-0.3, -0.25) is 9.69 Å². The molecule has 5 heteroatoms. The predicted molar refractivity (Wildman–Crippen MR) is 66.3 cm³/mol. The van der Waals surface area contributed by atoms with Gasteiger partial charge in [0.1, 0.15) is 0 Å². The van der Waals surface area contributed by atoms with Crippen molar-refractivity contribution in [3.63, 3.8) is 0 Å². The van der Waals surface area contributed by atoms with Crippen LogP contribution in [0.25, 0.3) is 0 Å². The lowest BCUT2D eigenvalue weighted by Crippen LogP contribution is -2.46. The van der Waals surface area contributed by atoms with Gasteiger partial charge in [-0.2, -0.15) is 0 Å². The van der Waals surface area contributed by atoms with Crippen LogP contribution in [0.1, 0.15) is 41.9 Å². The molecule has 18 heavy (non-hydrogen) atoms. The van der Waals surface area contributed by atoms with Crippen molar-refractivity contribution in [1.82, 2.24) is 15.4 Å².